The van der Waals surface area contributed by atoms with Gasteiger partial charge in [0.2, 0.25) is 10.0 Å². The Morgan fingerprint density at radius 1 is 1.10 bits per heavy atom. The molecule has 1 aliphatic heterocycles. The van der Waals surface area contributed by atoms with Crippen molar-refractivity contribution in [1.82, 2.24) is 4.90 Å². The first-order chi connectivity index (χ1) is 9.80. The van der Waals surface area contributed by atoms with Crippen molar-refractivity contribution in [3.05, 3.63) is 29.3 Å². The summed E-state index contributed by atoms with van der Waals surface area (Å²) in [5.74, 6) is -3.02. The number of hydrogen-bond donors (Lipinski definition) is 1. The highest BCUT2D eigenvalue weighted by molar-refractivity contribution is 7.89. The Hall–Kier alpha value is -1.54. The molecule has 116 valence electrons. The van der Waals surface area contributed by atoms with Crippen LogP contribution in [0.1, 0.15) is 36.0 Å². The van der Waals surface area contributed by atoms with Crippen LogP contribution in [0.3, 0.4) is 0 Å². The standard InChI is InChI=1S/C13H16F2N2O3S/c14-9-7-10(12(15)11(8-9)21(16,19)20)13(18)17-5-3-1-2-4-6-17/h7-8H,1-6H2,(H2,16,19,20). The summed E-state index contributed by atoms with van der Waals surface area (Å²) < 4.78 is 50.2. The van der Waals surface area contributed by atoms with E-state index in [2.05, 4.69) is 0 Å². The molecule has 2 N–H and O–H groups in total. The third-order valence-electron chi connectivity index (χ3n) is 3.43. The molecule has 21 heavy (non-hydrogen) atoms. The van der Waals surface area contributed by atoms with Crippen LogP contribution < -0.4 is 5.14 Å². The number of nitrogens with zero attached hydrogens (tertiary/aromatic N) is 1. The van der Waals surface area contributed by atoms with E-state index in [0.29, 0.717) is 25.2 Å². The maximum Gasteiger partial charge on any atom is 0.256 e. The van der Waals surface area contributed by atoms with Crippen LogP contribution in [0.2, 0.25) is 0 Å². The Morgan fingerprint density at radius 3 is 2.19 bits per heavy atom. The summed E-state index contributed by atoms with van der Waals surface area (Å²) in [6.07, 6.45) is 3.51. The van der Waals surface area contributed by atoms with E-state index in [-0.39, 0.29) is 0 Å². The number of benzene rings is 1. The highest BCUT2D eigenvalue weighted by Crippen LogP contribution is 2.22. The molecule has 1 fully saturated rings. The number of halogens is 2. The lowest BCUT2D eigenvalue weighted by atomic mass is 10.1. The summed E-state index contributed by atoms with van der Waals surface area (Å²) in [6.45, 7) is 0.888. The van der Waals surface area contributed by atoms with Gasteiger partial charge in [-0.15, -0.1) is 0 Å². The van der Waals surface area contributed by atoms with Gasteiger partial charge in [-0.1, -0.05) is 12.8 Å². The predicted molar refractivity (Wildman–Crippen MR) is 72.1 cm³/mol. The molecule has 0 unspecified atom stereocenters. The maximum atomic E-state index is 14.2. The first kappa shape index (κ1) is 15.8. The molecule has 0 atom stereocenters. The summed E-state index contributed by atoms with van der Waals surface area (Å²) in [4.78, 5) is 12.7. The number of carbonyl (C=O) groups excluding carboxylic acids is 1. The lowest BCUT2D eigenvalue weighted by Crippen LogP contribution is -2.33. The van der Waals surface area contributed by atoms with E-state index in [1.54, 1.807) is 0 Å². The first-order valence-electron chi connectivity index (χ1n) is 6.62. The highest BCUT2D eigenvalue weighted by Gasteiger charge is 2.26. The van der Waals surface area contributed by atoms with Gasteiger partial charge in [-0.05, 0) is 25.0 Å². The van der Waals surface area contributed by atoms with E-state index < -0.39 is 38.0 Å². The molecule has 8 heteroatoms. The maximum absolute atomic E-state index is 14.2. The van der Waals surface area contributed by atoms with Gasteiger partial charge < -0.3 is 4.90 Å². The molecule has 1 saturated heterocycles. The Balaban J connectivity index is 2.43. The predicted octanol–water partition coefficient (Wildman–Crippen LogP) is 1.63. The third-order valence-corrected chi connectivity index (χ3v) is 4.34. The summed E-state index contributed by atoms with van der Waals surface area (Å²) in [5.41, 5.74) is -0.596. The van der Waals surface area contributed by atoms with E-state index in [0.717, 1.165) is 25.7 Å². The van der Waals surface area contributed by atoms with Gasteiger partial charge in [0, 0.05) is 13.1 Å². The number of primary sulfonamides is 1. The van der Waals surface area contributed by atoms with Crippen molar-refractivity contribution in [3.63, 3.8) is 0 Å². The lowest BCUT2D eigenvalue weighted by Gasteiger charge is -2.21. The molecule has 1 heterocycles. The Labute approximate surface area is 121 Å². The molecule has 1 amide bonds. The fraction of sp³-hybridized carbons (Fsp3) is 0.462. The van der Waals surface area contributed by atoms with Crippen LogP contribution in [0, 0.1) is 11.6 Å². The van der Waals surface area contributed by atoms with Crippen LogP contribution in [-0.4, -0.2) is 32.3 Å². The zero-order valence-corrected chi connectivity index (χ0v) is 12.1. The van der Waals surface area contributed by atoms with Gasteiger partial charge in [0.1, 0.15) is 10.7 Å². The van der Waals surface area contributed by atoms with Crippen LogP contribution in [0.25, 0.3) is 0 Å². The monoisotopic (exact) mass is 318 g/mol. The third kappa shape index (κ3) is 3.56. The molecular weight excluding hydrogens is 302 g/mol. The van der Waals surface area contributed by atoms with Crippen LogP contribution >= 0.6 is 0 Å². The smallest absolute Gasteiger partial charge is 0.256 e. The summed E-state index contributed by atoms with van der Waals surface area (Å²) in [7, 11) is -4.44. The largest absolute Gasteiger partial charge is 0.339 e. The molecule has 5 nitrogen and oxygen atoms in total. The van der Waals surface area contributed by atoms with E-state index in [9.17, 15) is 22.0 Å². The van der Waals surface area contributed by atoms with Gasteiger partial charge in [-0.2, -0.15) is 0 Å². The quantitative estimate of drug-likeness (QED) is 0.900. The minimum atomic E-state index is -4.44. The number of hydrogen-bond acceptors (Lipinski definition) is 3. The molecule has 2 rings (SSSR count). The normalized spacial score (nSPS) is 16.6. The van der Waals surface area contributed by atoms with Crippen molar-refractivity contribution in [2.75, 3.05) is 13.1 Å². The zero-order valence-electron chi connectivity index (χ0n) is 11.3. The fourth-order valence-electron chi connectivity index (χ4n) is 2.37. The molecule has 0 aliphatic carbocycles. The summed E-state index contributed by atoms with van der Waals surface area (Å²) in [6, 6.07) is 1.18. The Kier molecular flexibility index (Phi) is 4.58. The molecule has 0 spiro atoms. The summed E-state index contributed by atoms with van der Waals surface area (Å²) >= 11 is 0. The van der Waals surface area contributed by atoms with E-state index in [1.165, 1.54) is 4.90 Å². The van der Waals surface area contributed by atoms with Gasteiger partial charge in [0.05, 0.1) is 5.56 Å². The van der Waals surface area contributed by atoms with Gasteiger partial charge in [-0.25, -0.2) is 22.3 Å². The fourth-order valence-corrected chi connectivity index (χ4v) is 3.01. The SMILES string of the molecule is NS(=O)(=O)c1cc(F)cc(C(=O)N2CCCCCC2)c1F. The van der Waals surface area contributed by atoms with Crippen molar-refractivity contribution in [2.24, 2.45) is 5.14 Å². The number of rotatable bonds is 2. The number of sulfonamides is 1. The zero-order chi connectivity index (χ0) is 15.6. The molecule has 0 radical (unpaired) electrons. The van der Waals surface area contributed by atoms with Gasteiger partial charge in [-0.3, -0.25) is 4.79 Å². The number of carbonyl (C=O) groups is 1. The molecule has 0 bridgehead atoms. The second kappa shape index (κ2) is 6.07. The van der Waals surface area contributed by atoms with E-state index >= 15 is 0 Å². The first-order valence-corrected chi connectivity index (χ1v) is 8.16. The average molecular weight is 318 g/mol. The number of likely N-dealkylation sites (tertiary alicyclic amines) is 1. The minimum Gasteiger partial charge on any atom is -0.339 e. The van der Waals surface area contributed by atoms with Crippen molar-refractivity contribution in [1.29, 1.82) is 0 Å². The molecular formula is C13H16F2N2O3S. The molecule has 1 aromatic rings. The molecule has 0 aromatic heterocycles. The van der Waals surface area contributed by atoms with Crippen molar-refractivity contribution in [2.45, 2.75) is 30.6 Å². The topological polar surface area (TPSA) is 80.5 Å². The Morgan fingerprint density at radius 2 is 1.67 bits per heavy atom. The molecule has 0 saturated carbocycles. The average Bonchev–Trinajstić information content (AvgIpc) is 2.68. The van der Waals surface area contributed by atoms with Crippen molar-refractivity contribution < 1.29 is 22.0 Å². The van der Waals surface area contributed by atoms with Crippen LogP contribution in [0.5, 0.6) is 0 Å². The van der Waals surface area contributed by atoms with E-state index in [1.807, 2.05) is 0 Å². The number of nitrogens with two attached hydrogens (primary N) is 1. The Bertz CT molecular complexity index is 654. The molecule has 1 aromatic carbocycles. The summed E-state index contributed by atoms with van der Waals surface area (Å²) in [5, 5.41) is 4.84. The minimum absolute atomic E-state index is 0.444. The van der Waals surface area contributed by atoms with E-state index in [4.69, 9.17) is 5.14 Å². The van der Waals surface area contributed by atoms with Gasteiger partial charge in [0.25, 0.3) is 5.91 Å². The van der Waals surface area contributed by atoms with Crippen LogP contribution in [-0.2, 0) is 10.0 Å². The second-order valence-corrected chi connectivity index (χ2v) is 6.55. The van der Waals surface area contributed by atoms with Crippen molar-refractivity contribution >= 4 is 15.9 Å². The lowest BCUT2D eigenvalue weighted by molar-refractivity contribution is 0.0755. The highest BCUT2D eigenvalue weighted by atomic mass is 32.2. The van der Waals surface area contributed by atoms with Crippen LogP contribution in [0.4, 0.5) is 8.78 Å². The second-order valence-electron chi connectivity index (χ2n) is 5.02. The van der Waals surface area contributed by atoms with Crippen molar-refractivity contribution in [3.8, 4) is 0 Å². The van der Waals surface area contributed by atoms with Gasteiger partial charge >= 0.3 is 0 Å². The number of amides is 1. The molecule has 1 aliphatic rings. The van der Waals surface area contributed by atoms with Gasteiger partial charge in [0.15, 0.2) is 5.82 Å². The van der Waals surface area contributed by atoms with Crippen LogP contribution in [0.15, 0.2) is 17.0 Å².